The minimum atomic E-state index is 0.387. The highest BCUT2D eigenvalue weighted by atomic mass is 15.3. The average Bonchev–Trinajstić information content (AvgIpc) is 3.15. The maximum absolute atomic E-state index is 4.82. The van der Waals surface area contributed by atoms with Crippen LogP contribution < -0.4 is 4.90 Å². The fourth-order valence-electron chi connectivity index (χ4n) is 3.92. The Bertz CT molecular complexity index is 840. The summed E-state index contributed by atoms with van der Waals surface area (Å²) in [7, 11) is 0. The predicted octanol–water partition coefficient (Wildman–Crippen LogP) is 3.54. The van der Waals surface area contributed by atoms with E-state index in [-0.39, 0.29) is 0 Å². The predicted molar refractivity (Wildman–Crippen MR) is 96.4 cm³/mol. The van der Waals surface area contributed by atoms with Crippen molar-refractivity contribution in [2.24, 2.45) is 0 Å². The van der Waals surface area contributed by atoms with Crippen LogP contribution in [-0.4, -0.2) is 32.8 Å². The van der Waals surface area contributed by atoms with E-state index < -0.39 is 0 Å². The molecule has 0 amide bonds. The van der Waals surface area contributed by atoms with Gasteiger partial charge >= 0.3 is 0 Å². The van der Waals surface area contributed by atoms with Crippen LogP contribution >= 0.6 is 0 Å². The summed E-state index contributed by atoms with van der Waals surface area (Å²) in [6, 6.07) is 8.89. The summed E-state index contributed by atoms with van der Waals surface area (Å²) in [5.74, 6) is 0. The third kappa shape index (κ3) is 2.54. The molecule has 24 heavy (non-hydrogen) atoms. The highest BCUT2D eigenvalue weighted by molar-refractivity contribution is 5.94. The molecule has 0 saturated carbocycles. The molecule has 1 fully saturated rings. The van der Waals surface area contributed by atoms with Crippen LogP contribution in [0.25, 0.3) is 10.9 Å². The van der Waals surface area contributed by atoms with Crippen molar-refractivity contribution in [1.82, 2.24) is 19.7 Å². The zero-order valence-electron chi connectivity index (χ0n) is 14.3. The topological polar surface area (TPSA) is 46.8 Å². The molecule has 3 heterocycles. The lowest BCUT2D eigenvalue weighted by molar-refractivity contribution is 0.375. The van der Waals surface area contributed by atoms with Crippen molar-refractivity contribution in [3.8, 4) is 0 Å². The van der Waals surface area contributed by atoms with Crippen LogP contribution in [0.5, 0.6) is 0 Å². The van der Waals surface area contributed by atoms with E-state index in [0.717, 1.165) is 37.1 Å². The summed E-state index contributed by atoms with van der Waals surface area (Å²) < 4.78 is 2.01. The molecule has 1 atom stereocenters. The van der Waals surface area contributed by atoms with Gasteiger partial charge in [-0.1, -0.05) is 25.1 Å². The second kappa shape index (κ2) is 6.23. The molecule has 1 aliphatic rings. The number of nitrogens with zero attached hydrogens (tertiary/aromatic N) is 5. The lowest BCUT2D eigenvalue weighted by Crippen LogP contribution is -2.37. The van der Waals surface area contributed by atoms with Gasteiger partial charge in [0.25, 0.3) is 0 Å². The van der Waals surface area contributed by atoms with Gasteiger partial charge in [-0.25, -0.2) is 9.67 Å². The van der Waals surface area contributed by atoms with Gasteiger partial charge in [-0.15, -0.1) is 0 Å². The monoisotopic (exact) mass is 321 g/mol. The van der Waals surface area contributed by atoms with Gasteiger partial charge in [-0.2, -0.15) is 5.10 Å². The normalized spacial score (nSPS) is 18.2. The molecule has 3 aromatic rings. The minimum Gasteiger partial charge on any atom is -0.369 e. The average molecular weight is 321 g/mol. The van der Waals surface area contributed by atoms with Crippen molar-refractivity contribution >= 4 is 16.6 Å². The smallest absolute Gasteiger partial charge is 0.137 e. The second-order valence-corrected chi connectivity index (χ2v) is 6.51. The molecule has 5 heteroatoms. The molecule has 0 radical (unpaired) electrons. The Balaban J connectivity index is 1.80. The number of rotatable bonds is 3. The number of para-hydroxylation sites is 1. The number of aromatic nitrogens is 4. The van der Waals surface area contributed by atoms with Crippen LogP contribution in [0, 0.1) is 6.92 Å². The van der Waals surface area contributed by atoms with E-state index in [9.17, 15) is 0 Å². The van der Waals surface area contributed by atoms with Crippen molar-refractivity contribution in [2.45, 2.75) is 39.2 Å². The number of hydrogen-bond acceptors (Lipinski definition) is 4. The zero-order chi connectivity index (χ0) is 16.5. The molecule has 1 saturated heterocycles. The quantitative estimate of drug-likeness (QED) is 0.740. The van der Waals surface area contributed by atoms with Gasteiger partial charge in [0.2, 0.25) is 0 Å². The Labute approximate surface area is 142 Å². The van der Waals surface area contributed by atoms with Crippen molar-refractivity contribution in [1.29, 1.82) is 0 Å². The second-order valence-electron chi connectivity index (χ2n) is 6.51. The van der Waals surface area contributed by atoms with Gasteiger partial charge in [0.1, 0.15) is 12.7 Å². The first-order valence-corrected chi connectivity index (χ1v) is 8.75. The van der Waals surface area contributed by atoms with E-state index in [1.165, 1.54) is 23.1 Å². The Morgan fingerprint density at radius 2 is 2.12 bits per heavy atom. The van der Waals surface area contributed by atoms with E-state index in [1.54, 1.807) is 6.33 Å². The lowest BCUT2D eigenvalue weighted by atomic mass is 9.99. The molecular formula is C19H23N5. The highest BCUT2D eigenvalue weighted by Crippen LogP contribution is 2.35. The van der Waals surface area contributed by atoms with Crippen LogP contribution in [0.2, 0.25) is 0 Å². The van der Waals surface area contributed by atoms with Gasteiger partial charge < -0.3 is 4.90 Å². The Hall–Kier alpha value is -2.43. The van der Waals surface area contributed by atoms with Gasteiger partial charge in [0.05, 0.1) is 17.2 Å². The molecule has 1 aliphatic heterocycles. The van der Waals surface area contributed by atoms with Gasteiger partial charge in [0.15, 0.2) is 0 Å². The first-order valence-electron chi connectivity index (χ1n) is 8.75. The van der Waals surface area contributed by atoms with Gasteiger partial charge in [-0.05, 0) is 37.8 Å². The largest absolute Gasteiger partial charge is 0.369 e. The lowest BCUT2D eigenvalue weighted by Gasteiger charge is -2.36. The first kappa shape index (κ1) is 15.1. The van der Waals surface area contributed by atoms with E-state index in [4.69, 9.17) is 4.98 Å². The Morgan fingerprint density at radius 3 is 2.92 bits per heavy atom. The van der Waals surface area contributed by atoms with Crippen molar-refractivity contribution in [3.63, 3.8) is 0 Å². The molecule has 0 N–H and O–H groups in total. The van der Waals surface area contributed by atoms with E-state index in [1.807, 2.05) is 11.0 Å². The van der Waals surface area contributed by atoms with Crippen LogP contribution in [0.15, 0.2) is 36.9 Å². The van der Waals surface area contributed by atoms with Gasteiger partial charge in [-0.3, -0.25) is 4.98 Å². The first-order chi connectivity index (χ1) is 11.8. The molecular weight excluding hydrogens is 298 g/mol. The summed E-state index contributed by atoms with van der Waals surface area (Å²) in [5.41, 5.74) is 4.97. The third-order valence-corrected chi connectivity index (χ3v) is 5.05. The number of benzene rings is 1. The molecule has 124 valence electrons. The fraction of sp³-hybridized carbons (Fsp3) is 0.421. The van der Waals surface area contributed by atoms with E-state index in [0.29, 0.717) is 6.04 Å². The summed E-state index contributed by atoms with van der Waals surface area (Å²) in [4.78, 5) is 11.5. The standard InChI is InChI=1S/C19H23N5/c1-3-16-14(2)22-18-9-5-4-8-17(18)19(16)23-10-6-7-15(11-23)24-13-20-12-21-24/h4-5,8-9,12-13,15H,3,6-7,10-11H2,1-2H3. The molecule has 5 nitrogen and oxygen atoms in total. The van der Waals surface area contributed by atoms with Crippen molar-refractivity contribution in [2.75, 3.05) is 18.0 Å². The highest BCUT2D eigenvalue weighted by Gasteiger charge is 2.25. The molecule has 0 bridgehead atoms. The molecule has 4 rings (SSSR count). The fourth-order valence-corrected chi connectivity index (χ4v) is 3.92. The van der Waals surface area contributed by atoms with Crippen molar-refractivity contribution < 1.29 is 0 Å². The molecule has 1 aromatic carbocycles. The number of aryl methyl sites for hydroxylation is 1. The Kier molecular flexibility index (Phi) is 3.92. The summed E-state index contributed by atoms with van der Waals surface area (Å²) in [6.07, 6.45) is 6.80. The number of fused-ring (bicyclic) bond motifs is 1. The minimum absolute atomic E-state index is 0.387. The summed E-state index contributed by atoms with van der Waals surface area (Å²) >= 11 is 0. The molecule has 2 aromatic heterocycles. The number of piperidine rings is 1. The third-order valence-electron chi connectivity index (χ3n) is 5.05. The van der Waals surface area contributed by atoms with Crippen molar-refractivity contribution in [3.05, 3.63) is 48.2 Å². The van der Waals surface area contributed by atoms with Crippen LogP contribution in [0.3, 0.4) is 0 Å². The van der Waals surface area contributed by atoms with Gasteiger partial charge in [0, 0.05) is 24.2 Å². The zero-order valence-corrected chi connectivity index (χ0v) is 14.3. The maximum Gasteiger partial charge on any atom is 0.137 e. The molecule has 0 aliphatic carbocycles. The maximum atomic E-state index is 4.82. The number of hydrogen-bond donors (Lipinski definition) is 0. The Morgan fingerprint density at radius 1 is 1.25 bits per heavy atom. The van der Waals surface area contributed by atoms with Crippen LogP contribution in [0.4, 0.5) is 5.69 Å². The van der Waals surface area contributed by atoms with E-state index in [2.05, 4.69) is 53.1 Å². The summed E-state index contributed by atoms with van der Waals surface area (Å²) in [6.45, 7) is 6.42. The number of anilines is 1. The van der Waals surface area contributed by atoms with Crippen LogP contribution in [-0.2, 0) is 6.42 Å². The molecule has 0 spiro atoms. The molecule has 1 unspecified atom stereocenters. The van der Waals surface area contributed by atoms with E-state index >= 15 is 0 Å². The van der Waals surface area contributed by atoms with Crippen LogP contribution in [0.1, 0.15) is 37.1 Å². The summed E-state index contributed by atoms with van der Waals surface area (Å²) in [5, 5.41) is 5.62. The SMILES string of the molecule is CCc1c(C)nc2ccccc2c1N1CCCC(n2cncn2)C1. The number of pyridine rings is 1.